The van der Waals surface area contributed by atoms with Gasteiger partial charge >= 0.3 is 0 Å². The Morgan fingerprint density at radius 3 is 1.94 bits per heavy atom. The first kappa shape index (κ1) is 21.7. The maximum atomic E-state index is 13.0. The van der Waals surface area contributed by atoms with Crippen LogP contribution in [0.25, 0.3) is 0 Å². The Morgan fingerprint density at radius 1 is 0.806 bits per heavy atom. The van der Waals surface area contributed by atoms with Crippen molar-refractivity contribution in [1.82, 2.24) is 14.5 Å². The van der Waals surface area contributed by atoms with E-state index in [-0.39, 0.29) is 10.7 Å². The number of nitrogens with zero attached hydrogens (tertiary/aromatic N) is 5. The van der Waals surface area contributed by atoms with Crippen molar-refractivity contribution in [2.24, 2.45) is 0 Å². The van der Waals surface area contributed by atoms with E-state index in [1.165, 1.54) is 43.0 Å². The number of hydrogen-bond acceptors (Lipinski definition) is 7. The van der Waals surface area contributed by atoms with Crippen molar-refractivity contribution in [1.29, 1.82) is 0 Å². The summed E-state index contributed by atoms with van der Waals surface area (Å²) < 4.78 is 27.5. The van der Waals surface area contributed by atoms with Crippen LogP contribution in [0.15, 0.2) is 41.3 Å². The molecule has 0 atom stereocenters. The van der Waals surface area contributed by atoms with Gasteiger partial charge in [0.05, 0.1) is 4.90 Å². The van der Waals surface area contributed by atoms with Gasteiger partial charge in [-0.15, -0.1) is 10.2 Å². The zero-order valence-corrected chi connectivity index (χ0v) is 18.7. The summed E-state index contributed by atoms with van der Waals surface area (Å²) in [4.78, 5) is 16.1. The fourth-order valence-electron chi connectivity index (χ4n) is 4.14. The molecule has 0 radical (unpaired) electrons. The molecular formula is C22H29N5O3S. The second-order valence-corrected chi connectivity index (χ2v) is 10.1. The lowest BCUT2D eigenvalue weighted by Crippen LogP contribution is -2.49. The zero-order valence-electron chi connectivity index (χ0n) is 17.9. The summed E-state index contributed by atoms with van der Waals surface area (Å²) in [5.41, 5.74) is 0.402. The topological polar surface area (TPSA) is 86.7 Å². The summed E-state index contributed by atoms with van der Waals surface area (Å²) in [6, 6.07) is 10.2. The molecule has 0 spiro atoms. The molecule has 8 nitrogen and oxygen atoms in total. The van der Waals surface area contributed by atoms with Gasteiger partial charge in [-0.2, -0.15) is 4.31 Å². The third-order valence-electron chi connectivity index (χ3n) is 6.01. The number of ketones is 1. The van der Waals surface area contributed by atoms with Crippen LogP contribution in [0.3, 0.4) is 0 Å². The Hall–Kier alpha value is -2.52. The van der Waals surface area contributed by atoms with Gasteiger partial charge in [-0.25, -0.2) is 8.42 Å². The van der Waals surface area contributed by atoms with Crippen LogP contribution in [0, 0.1) is 0 Å². The second kappa shape index (κ2) is 9.32. The van der Waals surface area contributed by atoms with E-state index in [9.17, 15) is 13.2 Å². The number of piperazine rings is 1. The van der Waals surface area contributed by atoms with E-state index in [0.29, 0.717) is 31.7 Å². The van der Waals surface area contributed by atoms with Gasteiger partial charge < -0.3 is 9.80 Å². The van der Waals surface area contributed by atoms with Gasteiger partial charge in [-0.1, -0.05) is 25.0 Å². The molecule has 2 aliphatic rings. The van der Waals surface area contributed by atoms with E-state index in [2.05, 4.69) is 20.0 Å². The van der Waals surface area contributed by atoms with Crippen molar-refractivity contribution in [2.45, 2.75) is 37.5 Å². The van der Waals surface area contributed by atoms with Gasteiger partial charge in [-0.3, -0.25) is 4.79 Å². The number of sulfonamides is 1. The van der Waals surface area contributed by atoms with Crippen molar-refractivity contribution in [3.8, 4) is 0 Å². The smallest absolute Gasteiger partial charge is 0.243 e. The van der Waals surface area contributed by atoms with Crippen LogP contribution >= 0.6 is 0 Å². The van der Waals surface area contributed by atoms with Crippen LogP contribution in [0.4, 0.5) is 11.6 Å². The predicted molar refractivity (Wildman–Crippen MR) is 120 cm³/mol. The molecule has 1 aromatic heterocycles. The highest BCUT2D eigenvalue weighted by molar-refractivity contribution is 7.89. The van der Waals surface area contributed by atoms with Gasteiger partial charge in [0, 0.05) is 44.8 Å². The van der Waals surface area contributed by atoms with Crippen LogP contribution in [-0.2, 0) is 10.0 Å². The molecule has 0 bridgehead atoms. The predicted octanol–water partition coefficient (Wildman–Crippen LogP) is 2.57. The van der Waals surface area contributed by atoms with E-state index in [0.717, 1.165) is 24.7 Å². The van der Waals surface area contributed by atoms with Crippen LogP contribution in [0.2, 0.25) is 0 Å². The van der Waals surface area contributed by atoms with Gasteiger partial charge in [0.15, 0.2) is 17.4 Å². The van der Waals surface area contributed by atoms with Crippen molar-refractivity contribution >= 4 is 27.4 Å². The van der Waals surface area contributed by atoms with Crippen molar-refractivity contribution in [3.63, 3.8) is 0 Å². The van der Waals surface area contributed by atoms with Gasteiger partial charge in [0.25, 0.3) is 0 Å². The molecule has 0 N–H and O–H groups in total. The molecule has 1 aromatic carbocycles. The molecule has 0 amide bonds. The molecule has 3 heterocycles. The Labute approximate surface area is 183 Å². The summed E-state index contributed by atoms with van der Waals surface area (Å²) >= 11 is 0. The highest BCUT2D eigenvalue weighted by Crippen LogP contribution is 2.22. The van der Waals surface area contributed by atoms with E-state index < -0.39 is 10.0 Å². The van der Waals surface area contributed by atoms with Crippen molar-refractivity contribution in [2.75, 3.05) is 49.1 Å². The lowest BCUT2D eigenvalue weighted by Gasteiger charge is -2.34. The molecule has 4 rings (SSSR count). The number of benzene rings is 1. The zero-order chi connectivity index (χ0) is 21.8. The minimum Gasteiger partial charge on any atom is -0.355 e. The quantitative estimate of drug-likeness (QED) is 0.657. The van der Waals surface area contributed by atoms with Crippen molar-refractivity contribution < 1.29 is 13.2 Å². The Bertz CT molecular complexity index is 1010. The van der Waals surface area contributed by atoms with E-state index in [1.807, 2.05) is 12.1 Å². The first-order chi connectivity index (χ1) is 14.9. The fraction of sp³-hybridized carbons (Fsp3) is 0.500. The Balaban J connectivity index is 1.40. The highest BCUT2D eigenvalue weighted by atomic mass is 32.2. The normalized spacial score (nSPS) is 18.6. The van der Waals surface area contributed by atoms with Crippen LogP contribution < -0.4 is 9.80 Å². The fourth-order valence-corrected chi connectivity index (χ4v) is 5.61. The lowest BCUT2D eigenvalue weighted by molar-refractivity contribution is 0.101. The van der Waals surface area contributed by atoms with E-state index >= 15 is 0 Å². The maximum Gasteiger partial charge on any atom is 0.243 e. The third kappa shape index (κ3) is 4.88. The summed E-state index contributed by atoms with van der Waals surface area (Å²) in [6.07, 6.45) is 4.92. The standard InChI is InChI=1S/C22H29N5O3S/c1-18(28)19-7-6-8-20(17-19)31(29,30)27-15-13-26(14-16-27)22-10-9-21(23-24-22)25-11-4-2-3-5-12-25/h6-10,17H,2-5,11-16H2,1H3. The molecule has 0 aliphatic carbocycles. The first-order valence-corrected chi connectivity index (χ1v) is 12.3. The van der Waals surface area contributed by atoms with Gasteiger partial charge in [0.2, 0.25) is 10.0 Å². The number of anilines is 2. The van der Waals surface area contributed by atoms with Gasteiger partial charge in [-0.05, 0) is 44.0 Å². The molecule has 2 fully saturated rings. The summed E-state index contributed by atoms with van der Waals surface area (Å²) in [5.74, 6) is 1.54. The van der Waals surface area contributed by atoms with Crippen LogP contribution in [0.1, 0.15) is 43.0 Å². The summed E-state index contributed by atoms with van der Waals surface area (Å²) in [6.45, 7) is 5.30. The van der Waals surface area contributed by atoms with E-state index in [1.54, 1.807) is 18.2 Å². The average molecular weight is 444 g/mol. The third-order valence-corrected chi connectivity index (χ3v) is 7.90. The molecule has 9 heteroatoms. The molecular weight excluding hydrogens is 414 g/mol. The molecule has 0 unspecified atom stereocenters. The largest absolute Gasteiger partial charge is 0.355 e. The maximum absolute atomic E-state index is 13.0. The molecule has 0 saturated carbocycles. The molecule has 2 aromatic rings. The van der Waals surface area contributed by atoms with E-state index in [4.69, 9.17) is 0 Å². The van der Waals surface area contributed by atoms with Crippen molar-refractivity contribution in [3.05, 3.63) is 42.0 Å². The monoisotopic (exact) mass is 443 g/mol. The number of carbonyl (C=O) groups is 1. The highest BCUT2D eigenvalue weighted by Gasteiger charge is 2.29. The molecule has 166 valence electrons. The lowest BCUT2D eigenvalue weighted by atomic mass is 10.2. The number of Topliss-reactive ketones (excluding diaryl/α,β-unsaturated/α-hetero) is 1. The number of aromatic nitrogens is 2. The summed E-state index contributed by atoms with van der Waals surface area (Å²) in [5, 5.41) is 8.84. The molecule has 2 saturated heterocycles. The number of hydrogen-bond donors (Lipinski definition) is 0. The van der Waals surface area contributed by atoms with Crippen LogP contribution in [-0.4, -0.2) is 68.0 Å². The molecule has 2 aliphatic heterocycles. The Kier molecular flexibility index (Phi) is 6.52. The summed E-state index contributed by atoms with van der Waals surface area (Å²) in [7, 11) is -3.64. The van der Waals surface area contributed by atoms with Gasteiger partial charge in [0.1, 0.15) is 0 Å². The second-order valence-electron chi connectivity index (χ2n) is 8.13. The average Bonchev–Trinajstić information content (AvgIpc) is 3.09. The first-order valence-electron chi connectivity index (χ1n) is 10.9. The minimum absolute atomic E-state index is 0.149. The SMILES string of the molecule is CC(=O)c1cccc(S(=O)(=O)N2CCN(c3ccc(N4CCCCCC4)nn3)CC2)c1. The number of rotatable bonds is 5. The Morgan fingerprint density at radius 2 is 1.39 bits per heavy atom. The number of carbonyl (C=O) groups excluding carboxylic acids is 1. The van der Waals surface area contributed by atoms with Crippen LogP contribution in [0.5, 0.6) is 0 Å². The molecule has 31 heavy (non-hydrogen) atoms. The minimum atomic E-state index is -3.64.